The number of hydrogen-bond donors (Lipinski definition) is 4. The Morgan fingerprint density at radius 1 is 0.968 bits per heavy atom. The predicted octanol–water partition coefficient (Wildman–Crippen LogP) is 2.05. The minimum atomic E-state index is -1.12. The molecule has 5 fully saturated rings. The van der Waals surface area contributed by atoms with E-state index in [4.69, 9.17) is 9.47 Å². The smallest absolute Gasteiger partial charge is 0.197 e. The largest absolute Gasteiger partial charge is 0.393 e. The molecule has 4 N–H and O–H groups in total. The lowest BCUT2D eigenvalue weighted by atomic mass is 9.54. The van der Waals surface area contributed by atoms with Gasteiger partial charge in [0, 0.05) is 6.42 Å². The molecule has 172 valence electrons. The first kappa shape index (κ1) is 20.8. The van der Waals surface area contributed by atoms with E-state index in [9.17, 15) is 20.4 Å². The fourth-order valence-electron chi connectivity index (χ4n) is 8.38. The predicted molar refractivity (Wildman–Crippen MR) is 113 cm³/mol. The third-order valence-electron chi connectivity index (χ3n) is 9.93. The maximum atomic E-state index is 11.7. The molecule has 0 radical (unpaired) electrons. The third kappa shape index (κ3) is 2.92. The molecule has 3 saturated carbocycles. The van der Waals surface area contributed by atoms with Crippen LogP contribution in [0, 0.1) is 29.6 Å². The summed E-state index contributed by atoms with van der Waals surface area (Å²) in [4.78, 5) is 0. The molecule has 6 nitrogen and oxygen atoms in total. The van der Waals surface area contributed by atoms with Crippen molar-refractivity contribution < 1.29 is 29.9 Å². The lowest BCUT2D eigenvalue weighted by Gasteiger charge is -2.54. The molecule has 31 heavy (non-hydrogen) atoms. The van der Waals surface area contributed by atoms with Crippen LogP contribution in [0.4, 0.5) is 0 Å². The van der Waals surface area contributed by atoms with E-state index in [-0.39, 0.29) is 24.7 Å². The van der Waals surface area contributed by atoms with Crippen LogP contribution in [0.2, 0.25) is 0 Å². The second-order valence-corrected chi connectivity index (χ2v) is 11.2. The molecule has 0 aromatic heterocycles. The summed E-state index contributed by atoms with van der Waals surface area (Å²) in [5.41, 5.74) is 0.836. The zero-order valence-corrected chi connectivity index (χ0v) is 18.2. The zero-order valence-electron chi connectivity index (χ0n) is 18.2. The van der Waals surface area contributed by atoms with Crippen molar-refractivity contribution in [2.45, 2.75) is 93.6 Å². The molecular formula is C25H36O6. The van der Waals surface area contributed by atoms with Gasteiger partial charge in [-0.3, -0.25) is 0 Å². The van der Waals surface area contributed by atoms with Gasteiger partial charge in [0.2, 0.25) is 0 Å². The van der Waals surface area contributed by atoms with Crippen molar-refractivity contribution in [1.29, 1.82) is 0 Å². The van der Waals surface area contributed by atoms with E-state index < -0.39 is 23.6 Å². The monoisotopic (exact) mass is 432 g/mol. The molecule has 6 aliphatic rings. The molecule has 11 atom stereocenters. The van der Waals surface area contributed by atoms with E-state index in [2.05, 4.69) is 12.7 Å². The first-order valence-corrected chi connectivity index (χ1v) is 12.3. The molecule has 4 aliphatic carbocycles. The van der Waals surface area contributed by atoms with E-state index in [1.54, 1.807) is 0 Å². The highest BCUT2D eigenvalue weighted by atomic mass is 16.7. The lowest BCUT2D eigenvalue weighted by molar-refractivity contribution is -0.345. The minimum Gasteiger partial charge on any atom is -0.393 e. The van der Waals surface area contributed by atoms with Gasteiger partial charge in [-0.25, -0.2) is 0 Å². The van der Waals surface area contributed by atoms with Gasteiger partial charge in [0.15, 0.2) is 5.79 Å². The SMILES string of the molecule is C=C1COC2(CCC3C(CC4C3CCC3C4CC=C4CC(O)CCC43O)O2)C(O)C1O. The number of rotatable bonds is 0. The number of aliphatic hydroxyl groups excluding tert-OH is 3. The lowest BCUT2D eigenvalue weighted by Crippen LogP contribution is -2.61. The molecule has 0 amide bonds. The van der Waals surface area contributed by atoms with E-state index in [1.165, 1.54) is 0 Å². The first-order valence-electron chi connectivity index (χ1n) is 12.3. The zero-order chi connectivity index (χ0) is 21.5. The van der Waals surface area contributed by atoms with Crippen molar-refractivity contribution >= 4 is 0 Å². The molecule has 2 aliphatic heterocycles. The summed E-state index contributed by atoms with van der Waals surface area (Å²) in [6.07, 6.45) is 7.45. The highest BCUT2D eigenvalue weighted by Crippen LogP contribution is 2.61. The van der Waals surface area contributed by atoms with Gasteiger partial charge in [-0.05, 0) is 92.1 Å². The van der Waals surface area contributed by atoms with Gasteiger partial charge in [0.1, 0.15) is 12.2 Å². The van der Waals surface area contributed by atoms with Gasteiger partial charge in [-0.1, -0.05) is 12.7 Å². The maximum Gasteiger partial charge on any atom is 0.197 e. The standard InChI is InChI=1S/C25H36O6/c1-13-12-30-25(23(28)22(13)27)9-7-18-16-4-5-20-17(19(16)11-21(18)31-25)3-2-14-10-15(26)6-8-24(14,20)29/h2,15-23,26-29H,1,3-12H2. The van der Waals surface area contributed by atoms with Gasteiger partial charge in [0.25, 0.3) is 0 Å². The summed E-state index contributed by atoms with van der Waals surface area (Å²) in [6, 6.07) is 0. The molecule has 0 aromatic rings. The molecule has 2 heterocycles. The van der Waals surface area contributed by atoms with E-state index in [1.807, 2.05) is 0 Å². The van der Waals surface area contributed by atoms with Crippen molar-refractivity contribution in [2.24, 2.45) is 29.6 Å². The third-order valence-corrected chi connectivity index (χ3v) is 9.93. The summed E-state index contributed by atoms with van der Waals surface area (Å²) in [7, 11) is 0. The highest BCUT2D eigenvalue weighted by molar-refractivity contribution is 5.28. The highest BCUT2D eigenvalue weighted by Gasteiger charge is 2.61. The van der Waals surface area contributed by atoms with Crippen molar-refractivity contribution in [3.05, 3.63) is 23.8 Å². The number of aliphatic hydroxyl groups is 4. The van der Waals surface area contributed by atoms with Crippen LogP contribution in [-0.4, -0.2) is 62.8 Å². The topological polar surface area (TPSA) is 99.4 Å². The molecule has 0 aromatic carbocycles. The van der Waals surface area contributed by atoms with Crippen molar-refractivity contribution in [3.63, 3.8) is 0 Å². The van der Waals surface area contributed by atoms with Gasteiger partial charge >= 0.3 is 0 Å². The van der Waals surface area contributed by atoms with Crippen LogP contribution in [0.3, 0.4) is 0 Å². The fraction of sp³-hybridized carbons (Fsp3) is 0.840. The number of hydrogen-bond acceptors (Lipinski definition) is 6. The van der Waals surface area contributed by atoms with Crippen LogP contribution in [0.1, 0.15) is 57.8 Å². The summed E-state index contributed by atoms with van der Waals surface area (Å²) in [5.74, 6) is 1.18. The number of ether oxygens (including phenoxy) is 2. The van der Waals surface area contributed by atoms with E-state index >= 15 is 0 Å². The molecule has 1 spiro atoms. The number of allylic oxidation sites excluding steroid dienone is 1. The normalized spacial score (nSPS) is 56.3. The Labute approximate surface area is 183 Å². The Balaban J connectivity index is 1.23. The molecular weight excluding hydrogens is 396 g/mol. The van der Waals surface area contributed by atoms with Crippen molar-refractivity contribution in [2.75, 3.05) is 6.61 Å². The van der Waals surface area contributed by atoms with Gasteiger partial charge in [-0.2, -0.15) is 0 Å². The second-order valence-electron chi connectivity index (χ2n) is 11.2. The average molecular weight is 433 g/mol. The van der Waals surface area contributed by atoms with Crippen LogP contribution in [0.25, 0.3) is 0 Å². The van der Waals surface area contributed by atoms with Crippen LogP contribution in [-0.2, 0) is 9.47 Å². The molecule has 2 saturated heterocycles. The Hall–Kier alpha value is -0.760. The Bertz CT molecular complexity index is 795. The minimum absolute atomic E-state index is 0.0314. The van der Waals surface area contributed by atoms with E-state index in [0.29, 0.717) is 54.9 Å². The maximum absolute atomic E-state index is 11.7. The Morgan fingerprint density at radius 2 is 1.81 bits per heavy atom. The molecule has 0 bridgehead atoms. The number of fused-ring (bicyclic) bond motifs is 7. The average Bonchev–Trinajstić information content (AvgIpc) is 3.13. The Morgan fingerprint density at radius 3 is 2.65 bits per heavy atom. The summed E-state index contributed by atoms with van der Waals surface area (Å²) >= 11 is 0. The molecule has 6 heteroatoms. The second kappa shape index (κ2) is 7.12. The fourth-order valence-corrected chi connectivity index (χ4v) is 8.38. The van der Waals surface area contributed by atoms with Crippen LogP contribution in [0.15, 0.2) is 23.8 Å². The summed E-state index contributed by atoms with van der Waals surface area (Å²) in [5, 5.41) is 42.9. The van der Waals surface area contributed by atoms with Crippen molar-refractivity contribution in [1.82, 2.24) is 0 Å². The van der Waals surface area contributed by atoms with Crippen LogP contribution < -0.4 is 0 Å². The van der Waals surface area contributed by atoms with Gasteiger partial charge < -0.3 is 29.9 Å². The first-order chi connectivity index (χ1) is 14.8. The van der Waals surface area contributed by atoms with E-state index in [0.717, 1.165) is 37.7 Å². The van der Waals surface area contributed by atoms with Crippen molar-refractivity contribution in [3.8, 4) is 0 Å². The summed E-state index contributed by atoms with van der Waals surface area (Å²) in [6.45, 7) is 4.02. The van der Waals surface area contributed by atoms with Gasteiger partial charge in [0.05, 0.1) is 24.4 Å². The summed E-state index contributed by atoms with van der Waals surface area (Å²) < 4.78 is 12.5. The Kier molecular flexibility index (Phi) is 4.78. The molecule has 11 unspecified atom stereocenters. The van der Waals surface area contributed by atoms with Crippen LogP contribution in [0.5, 0.6) is 0 Å². The molecule has 6 rings (SSSR count). The van der Waals surface area contributed by atoms with Gasteiger partial charge in [-0.15, -0.1) is 0 Å². The van der Waals surface area contributed by atoms with Crippen LogP contribution >= 0.6 is 0 Å². The quantitative estimate of drug-likeness (QED) is 0.437.